The SMILES string of the molecule is COc1ccc(S(=O)(=O)NC2CC2)cc1NC(=O)CCC(=O)N1CCc2sccc2C1. The maximum atomic E-state index is 12.5. The van der Waals surface area contributed by atoms with Gasteiger partial charge in [-0.25, -0.2) is 13.1 Å². The Labute approximate surface area is 185 Å². The topological polar surface area (TPSA) is 105 Å². The average Bonchev–Trinajstić information content (AvgIpc) is 3.43. The van der Waals surface area contributed by atoms with Gasteiger partial charge in [-0.15, -0.1) is 11.3 Å². The van der Waals surface area contributed by atoms with Crippen LogP contribution in [0.1, 0.15) is 36.1 Å². The first-order chi connectivity index (χ1) is 14.9. The minimum atomic E-state index is -3.66. The smallest absolute Gasteiger partial charge is 0.240 e. The second-order valence-corrected chi connectivity index (χ2v) is 10.5. The Hall–Kier alpha value is -2.43. The highest BCUT2D eigenvalue weighted by molar-refractivity contribution is 7.89. The zero-order chi connectivity index (χ0) is 22.0. The van der Waals surface area contributed by atoms with Crippen LogP contribution in [0.25, 0.3) is 0 Å². The molecule has 2 N–H and O–H groups in total. The van der Waals surface area contributed by atoms with Crippen molar-refractivity contribution in [2.75, 3.05) is 19.0 Å². The molecule has 1 aliphatic heterocycles. The van der Waals surface area contributed by atoms with Crippen molar-refractivity contribution in [3.05, 3.63) is 40.1 Å². The minimum absolute atomic E-state index is 0.00623. The molecule has 0 saturated heterocycles. The second kappa shape index (κ2) is 8.97. The number of hydrogen-bond donors (Lipinski definition) is 2. The molecule has 10 heteroatoms. The molecule has 0 bridgehead atoms. The van der Waals surface area contributed by atoms with Crippen molar-refractivity contribution in [1.82, 2.24) is 9.62 Å². The lowest BCUT2D eigenvalue weighted by atomic mass is 10.1. The zero-order valence-electron chi connectivity index (χ0n) is 17.2. The van der Waals surface area contributed by atoms with Crippen molar-refractivity contribution >= 4 is 38.9 Å². The van der Waals surface area contributed by atoms with Crippen LogP contribution >= 0.6 is 11.3 Å². The Morgan fingerprint density at radius 2 is 2.03 bits per heavy atom. The quantitative estimate of drug-likeness (QED) is 0.626. The fraction of sp³-hybridized carbons (Fsp3) is 0.429. The molecule has 1 aromatic carbocycles. The first kappa shape index (κ1) is 21.8. The van der Waals surface area contributed by atoms with Crippen LogP contribution in [-0.2, 0) is 32.6 Å². The van der Waals surface area contributed by atoms with Crippen LogP contribution in [0, 0.1) is 0 Å². The van der Waals surface area contributed by atoms with Gasteiger partial charge in [-0.2, -0.15) is 0 Å². The molecule has 0 spiro atoms. The number of anilines is 1. The van der Waals surface area contributed by atoms with Crippen LogP contribution in [0.4, 0.5) is 5.69 Å². The molecule has 31 heavy (non-hydrogen) atoms. The Balaban J connectivity index is 1.36. The number of fused-ring (bicyclic) bond motifs is 1. The molecule has 1 saturated carbocycles. The van der Waals surface area contributed by atoms with E-state index in [0.717, 1.165) is 19.3 Å². The first-order valence-electron chi connectivity index (χ1n) is 10.2. The molecular weight excluding hydrogens is 438 g/mol. The van der Waals surface area contributed by atoms with E-state index in [2.05, 4.69) is 10.0 Å². The van der Waals surface area contributed by atoms with E-state index < -0.39 is 10.0 Å². The molecule has 1 aliphatic carbocycles. The molecule has 0 unspecified atom stereocenters. The summed E-state index contributed by atoms with van der Waals surface area (Å²) in [5.74, 6) is -0.0837. The van der Waals surface area contributed by atoms with Crippen molar-refractivity contribution < 1.29 is 22.7 Å². The van der Waals surface area contributed by atoms with E-state index in [4.69, 9.17) is 4.74 Å². The minimum Gasteiger partial charge on any atom is -0.495 e. The largest absolute Gasteiger partial charge is 0.495 e. The Morgan fingerprint density at radius 1 is 1.23 bits per heavy atom. The molecule has 166 valence electrons. The van der Waals surface area contributed by atoms with Gasteiger partial charge in [-0.1, -0.05) is 0 Å². The Morgan fingerprint density at radius 3 is 2.77 bits per heavy atom. The molecule has 2 aromatic rings. The highest BCUT2D eigenvalue weighted by Crippen LogP contribution is 2.29. The van der Waals surface area contributed by atoms with E-state index in [0.29, 0.717) is 18.8 Å². The standard InChI is InChI=1S/C21H25N3O5S2/c1-29-18-5-4-16(31(27,28)23-15-2-3-15)12-17(18)22-20(25)6-7-21(26)24-10-8-19-14(13-24)9-11-30-19/h4-5,9,11-12,15,23H,2-3,6-8,10,13H2,1H3,(H,22,25). The van der Waals surface area contributed by atoms with Gasteiger partial charge in [0.15, 0.2) is 0 Å². The van der Waals surface area contributed by atoms with Crippen LogP contribution in [0.15, 0.2) is 34.5 Å². The van der Waals surface area contributed by atoms with Crippen molar-refractivity contribution in [3.8, 4) is 5.75 Å². The summed E-state index contributed by atoms with van der Waals surface area (Å²) in [6.07, 6.45) is 2.61. The lowest BCUT2D eigenvalue weighted by Gasteiger charge is -2.27. The molecule has 2 amide bonds. The summed E-state index contributed by atoms with van der Waals surface area (Å²) in [5.41, 5.74) is 1.44. The fourth-order valence-electron chi connectivity index (χ4n) is 3.49. The van der Waals surface area contributed by atoms with Crippen molar-refractivity contribution in [3.63, 3.8) is 0 Å². The monoisotopic (exact) mass is 463 g/mol. The van der Waals surface area contributed by atoms with E-state index in [9.17, 15) is 18.0 Å². The number of hydrogen-bond acceptors (Lipinski definition) is 6. The molecule has 8 nitrogen and oxygen atoms in total. The number of carbonyl (C=O) groups excluding carboxylic acids is 2. The van der Waals surface area contributed by atoms with Crippen LogP contribution < -0.4 is 14.8 Å². The van der Waals surface area contributed by atoms with Gasteiger partial charge in [-0.05, 0) is 54.5 Å². The van der Waals surface area contributed by atoms with Crippen molar-refractivity contribution in [1.29, 1.82) is 0 Å². The number of amides is 2. The number of benzene rings is 1. The number of nitrogens with one attached hydrogen (secondary N) is 2. The van der Waals surface area contributed by atoms with Gasteiger partial charge in [-0.3, -0.25) is 9.59 Å². The molecule has 1 fully saturated rings. The van der Waals surface area contributed by atoms with Gasteiger partial charge in [0.25, 0.3) is 0 Å². The zero-order valence-corrected chi connectivity index (χ0v) is 18.9. The van der Waals surface area contributed by atoms with E-state index in [1.54, 1.807) is 16.2 Å². The summed E-state index contributed by atoms with van der Waals surface area (Å²) >= 11 is 1.71. The maximum Gasteiger partial charge on any atom is 0.240 e. The summed E-state index contributed by atoms with van der Waals surface area (Å²) < 4.78 is 32.8. The molecule has 4 rings (SSSR count). The highest BCUT2D eigenvalue weighted by atomic mass is 32.2. The summed E-state index contributed by atoms with van der Waals surface area (Å²) in [6, 6.07) is 6.35. The fourth-order valence-corrected chi connectivity index (χ4v) is 5.71. The summed E-state index contributed by atoms with van der Waals surface area (Å²) in [7, 11) is -2.21. The van der Waals surface area contributed by atoms with Gasteiger partial charge >= 0.3 is 0 Å². The molecule has 2 aliphatic rings. The van der Waals surface area contributed by atoms with Gasteiger partial charge < -0.3 is 15.0 Å². The highest BCUT2D eigenvalue weighted by Gasteiger charge is 2.28. The van der Waals surface area contributed by atoms with Crippen LogP contribution in [0.5, 0.6) is 5.75 Å². The molecule has 1 aromatic heterocycles. The number of sulfonamides is 1. The summed E-state index contributed by atoms with van der Waals surface area (Å²) in [4.78, 5) is 28.2. The van der Waals surface area contributed by atoms with Gasteiger partial charge in [0, 0.05) is 36.9 Å². The average molecular weight is 464 g/mol. The number of nitrogens with zero attached hydrogens (tertiary/aromatic N) is 1. The summed E-state index contributed by atoms with van der Waals surface area (Å²) in [6.45, 7) is 1.25. The van der Waals surface area contributed by atoms with Crippen molar-refractivity contribution in [2.45, 2.75) is 49.6 Å². The lowest BCUT2D eigenvalue weighted by molar-refractivity contribution is -0.133. The third-order valence-corrected chi connectivity index (χ3v) is 7.92. The van der Waals surface area contributed by atoms with Gasteiger partial charge in [0.05, 0.1) is 17.7 Å². The second-order valence-electron chi connectivity index (χ2n) is 7.74. The normalized spacial score (nSPS) is 16.0. The number of methoxy groups -OCH3 is 1. The molecule has 0 atom stereocenters. The van der Waals surface area contributed by atoms with E-state index in [-0.39, 0.29) is 41.3 Å². The third-order valence-electron chi connectivity index (χ3n) is 5.38. The third kappa shape index (κ3) is 5.25. The number of rotatable bonds is 8. The van der Waals surface area contributed by atoms with Gasteiger partial charge in [0.2, 0.25) is 21.8 Å². The Kier molecular flexibility index (Phi) is 6.31. The summed E-state index contributed by atoms with van der Waals surface area (Å²) in [5, 5.41) is 4.72. The van der Waals surface area contributed by atoms with E-state index in [1.165, 1.54) is 35.7 Å². The van der Waals surface area contributed by atoms with E-state index >= 15 is 0 Å². The number of carbonyl (C=O) groups is 2. The number of thiophene rings is 1. The first-order valence-corrected chi connectivity index (χ1v) is 12.6. The number of ether oxygens (including phenoxy) is 1. The maximum absolute atomic E-state index is 12.5. The molecule has 0 radical (unpaired) electrons. The molecule has 2 heterocycles. The predicted octanol–water partition coefficient (Wildman–Crippen LogP) is 2.50. The predicted molar refractivity (Wildman–Crippen MR) is 118 cm³/mol. The van der Waals surface area contributed by atoms with Crippen molar-refractivity contribution in [2.24, 2.45) is 0 Å². The van der Waals surface area contributed by atoms with Crippen LogP contribution in [0.2, 0.25) is 0 Å². The molecular formula is C21H25N3O5S2. The van der Waals surface area contributed by atoms with Crippen LogP contribution in [-0.4, -0.2) is 44.8 Å². The Bertz CT molecular complexity index is 1090. The van der Waals surface area contributed by atoms with E-state index in [1.807, 2.05) is 11.4 Å². The lowest BCUT2D eigenvalue weighted by Crippen LogP contribution is -2.35. The van der Waals surface area contributed by atoms with Gasteiger partial charge in [0.1, 0.15) is 5.75 Å². The van der Waals surface area contributed by atoms with Crippen LogP contribution in [0.3, 0.4) is 0 Å².